The molecule has 0 aliphatic carbocycles. The second kappa shape index (κ2) is 10.6. The van der Waals surface area contributed by atoms with E-state index < -0.39 is 22.5 Å². The largest absolute Gasteiger partial charge is 0.271 e. The van der Waals surface area contributed by atoms with Crippen LogP contribution < -0.4 is 9.73 Å². The van der Waals surface area contributed by atoms with Gasteiger partial charge in [0.25, 0.3) is 15.9 Å². The molecule has 0 radical (unpaired) electrons. The minimum atomic E-state index is -3.95. The average molecular weight is 514 g/mol. The highest BCUT2D eigenvalue weighted by molar-refractivity contribution is 9.10. The van der Waals surface area contributed by atoms with Crippen molar-refractivity contribution in [3.05, 3.63) is 94.5 Å². The van der Waals surface area contributed by atoms with Gasteiger partial charge in [0.05, 0.1) is 16.8 Å². The van der Waals surface area contributed by atoms with Crippen molar-refractivity contribution in [3.63, 3.8) is 0 Å². The van der Waals surface area contributed by atoms with Gasteiger partial charge in [-0.3, -0.25) is 9.10 Å². The number of hydrogen-bond donors (Lipinski definition) is 1. The summed E-state index contributed by atoms with van der Waals surface area (Å²) in [7, 11) is -3.95. The van der Waals surface area contributed by atoms with Crippen molar-refractivity contribution in [2.75, 3.05) is 10.8 Å². The van der Waals surface area contributed by atoms with Crippen LogP contribution in [0, 0.1) is 0 Å². The van der Waals surface area contributed by atoms with Gasteiger partial charge in [0.2, 0.25) is 0 Å². The summed E-state index contributed by atoms with van der Waals surface area (Å²) in [4.78, 5) is 12.7. The van der Waals surface area contributed by atoms with Crippen molar-refractivity contribution in [2.24, 2.45) is 5.10 Å². The molecule has 0 fully saturated rings. The predicted octanol–water partition coefficient (Wildman–Crippen LogP) is 4.92. The molecule has 1 amide bonds. The number of rotatable bonds is 8. The molecule has 6 nitrogen and oxygen atoms in total. The first-order valence-electron chi connectivity index (χ1n) is 10.0. The summed E-state index contributed by atoms with van der Waals surface area (Å²) >= 11 is 3.41. The topological polar surface area (TPSA) is 78.8 Å². The van der Waals surface area contributed by atoms with E-state index in [9.17, 15) is 13.2 Å². The van der Waals surface area contributed by atoms with Crippen LogP contribution in [0.15, 0.2) is 93.3 Å². The fraction of sp³-hybridized carbons (Fsp3) is 0.167. The van der Waals surface area contributed by atoms with Crippen LogP contribution >= 0.6 is 15.9 Å². The molecule has 0 aliphatic rings. The number of nitrogens with zero attached hydrogens (tertiary/aromatic N) is 2. The van der Waals surface area contributed by atoms with E-state index in [1.165, 1.54) is 18.3 Å². The highest BCUT2D eigenvalue weighted by atomic mass is 79.9. The Kier molecular flexibility index (Phi) is 7.82. The lowest BCUT2D eigenvalue weighted by atomic mass is 10.0. The van der Waals surface area contributed by atoms with Gasteiger partial charge in [-0.2, -0.15) is 5.10 Å². The lowest BCUT2D eigenvalue weighted by Gasteiger charge is -2.24. The molecule has 32 heavy (non-hydrogen) atoms. The number of carbonyl (C=O) groups is 1. The molecule has 3 aromatic carbocycles. The van der Waals surface area contributed by atoms with Gasteiger partial charge in [-0.05, 0) is 41.8 Å². The van der Waals surface area contributed by atoms with Crippen LogP contribution in [0.3, 0.4) is 0 Å². The Balaban J connectivity index is 1.85. The van der Waals surface area contributed by atoms with Crippen LogP contribution in [-0.4, -0.2) is 27.1 Å². The Morgan fingerprint density at radius 1 is 1.00 bits per heavy atom. The number of nitrogens with one attached hydrogen (secondary N) is 1. The second-order valence-electron chi connectivity index (χ2n) is 7.39. The highest BCUT2D eigenvalue weighted by Crippen LogP contribution is 2.25. The van der Waals surface area contributed by atoms with Crippen LogP contribution in [0.2, 0.25) is 0 Å². The van der Waals surface area contributed by atoms with Gasteiger partial charge < -0.3 is 0 Å². The molecule has 8 heteroatoms. The molecule has 0 unspecified atom stereocenters. The summed E-state index contributed by atoms with van der Waals surface area (Å²) in [5.74, 6) is -0.251. The fourth-order valence-corrected chi connectivity index (χ4v) is 4.81. The molecule has 0 spiro atoms. The summed E-state index contributed by atoms with van der Waals surface area (Å²) < 4.78 is 28.6. The SMILES string of the molecule is CC(C)c1ccc(N(CC(=O)N/N=C\c2ccccc2Br)S(=O)(=O)c2ccccc2)cc1. The quantitative estimate of drug-likeness (QED) is 0.343. The van der Waals surface area contributed by atoms with E-state index in [1.54, 1.807) is 30.3 Å². The first-order chi connectivity index (χ1) is 15.3. The van der Waals surface area contributed by atoms with E-state index in [-0.39, 0.29) is 4.90 Å². The monoisotopic (exact) mass is 513 g/mol. The maximum atomic E-state index is 13.3. The molecule has 0 aromatic heterocycles. The van der Waals surface area contributed by atoms with Gasteiger partial charge in [0, 0.05) is 10.0 Å². The number of hydrazone groups is 1. The zero-order valence-electron chi connectivity index (χ0n) is 17.8. The Bertz CT molecular complexity index is 1190. The van der Waals surface area contributed by atoms with Gasteiger partial charge in [-0.1, -0.05) is 78.3 Å². The number of halogens is 1. The molecule has 3 rings (SSSR count). The predicted molar refractivity (Wildman–Crippen MR) is 131 cm³/mol. The van der Waals surface area contributed by atoms with Crippen molar-refractivity contribution >= 4 is 43.8 Å². The molecular weight excluding hydrogens is 490 g/mol. The molecular formula is C24H24BrN3O3S. The Morgan fingerprint density at radius 3 is 2.25 bits per heavy atom. The maximum absolute atomic E-state index is 13.3. The summed E-state index contributed by atoms with van der Waals surface area (Å²) in [5.41, 5.74) is 4.68. The minimum absolute atomic E-state index is 0.109. The number of hydrogen-bond acceptors (Lipinski definition) is 4. The molecule has 0 aliphatic heterocycles. The van der Waals surface area contributed by atoms with E-state index in [0.29, 0.717) is 11.6 Å². The zero-order chi connectivity index (χ0) is 23.1. The smallest absolute Gasteiger partial charge is 0.264 e. The van der Waals surface area contributed by atoms with Gasteiger partial charge in [0.1, 0.15) is 6.54 Å². The van der Waals surface area contributed by atoms with Gasteiger partial charge in [-0.15, -0.1) is 0 Å². The minimum Gasteiger partial charge on any atom is -0.271 e. The lowest BCUT2D eigenvalue weighted by Crippen LogP contribution is -2.39. The van der Waals surface area contributed by atoms with Gasteiger partial charge in [-0.25, -0.2) is 13.8 Å². The van der Waals surface area contributed by atoms with Crippen molar-refractivity contribution in [1.29, 1.82) is 0 Å². The molecule has 0 saturated heterocycles. The molecule has 3 aromatic rings. The number of anilines is 1. The number of sulfonamides is 1. The third-order valence-electron chi connectivity index (χ3n) is 4.76. The maximum Gasteiger partial charge on any atom is 0.264 e. The van der Waals surface area contributed by atoms with Crippen molar-refractivity contribution in [2.45, 2.75) is 24.7 Å². The van der Waals surface area contributed by atoms with Gasteiger partial charge in [0.15, 0.2) is 0 Å². The van der Waals surface area contributed by atoms with Crippen LogP contribution in [0.1, 0.15) is 30.9 Å². The third-order valence-corrected chi connectivity index (χ3v) is 7.27. The summed E-state index contributed by atoms with van der Waals surface area (Å²) in [6, 6.07) is 22.6. The molecule has 1 N–H and O–H groups in total. The first-order valence-corrected chi connectivity index (χ1v) is 12.3. The van der Waals surface area contributed by atoms with E-state index in [2.05, 4.69) is 40.3 Å². The van der Waals surface area contributed by atoms with E-state index in [0.717, 1.165) is 19.9 Å². The first kappa shape index (κ1) is 23.7. The molecule has 0 saturated carbocycles. The van der Waals surface area contributed by atoms with E-state index in [1.807, 2.05) is 36.4 Å². The molecule has 0 bridgehead atoms. The van der Waals surface area contributed by atoms with Crippen LogP contribution in [-0.2, 0) is 14.8 Å². The average Bonchev–Trinajstić information content (AvgIpc) is 2.79. The summed E-state index contributed by atoms with van der Waals surface area (Å²) in [6.45, 7) is 3.71. The number of benzene rings is 3. The molecule has 0 atom stereocenters. The number of carbonyl (C=O) groups excluding carboxylic acids is 1. The Hall–Kier alpha value is -2.97. The van der Waals surface area contributed by atoms with Crippen molar-refractivity contribution < 1.29 is 13.2 Å². The Morgan fingerprint density at radius 2 is 1.62 bits per heavy atom. The fourth-order valence-electron chi connectivity index (χ4n) is 2.98. The van der Waals surface area contributed by atoms with E-state index >= 15 is 0 Å². The standard InChI is InChI=1S/C24H24BrN3O3S/c1-18(2)19-12-14-21(15-13-19)28(32(30,31)22-9-4-3-5-10-22)17-24(29)27-26-16-20-8-6-7-11-23(20)25/h3-16,18H,17H2,1-2H3,(H,27,29)/b26-16-. The normalized spacial score (nSPS) is 11.6. The van der Waals surface area contributed by atoms with Crippen molar-refractivity contribution in [1.82, 2.24) is 5.43 Å². The van der Waals surface area contributed by atoms with Crippen molar-refractivity contribution in [3.8, 4) is 0 Å². The van der Waals surface area contributed by atoms with Crippen LogP contribution in [0.5, 0.6) is 0 Å². The van der Waals surface area contributed by atoms with Gasteiger partial charge >= 0.3 is 0 Å². The highest BCUT2D eigenvalue weighted by Gasteiger charge is 2.27. The second-order valence-corrected chi connectivity index (χ2v) is 10.1. The van der Waals surface area contributed by atoms with Crippen LogP contribution in [0.4, 0.5) is 5.69 Å². The summed E-state index contributed by atoms with van der Waals surface area (Å²) in [5, 5.41) is 3.97. The van der Waals surface area contributed by atoms with E-state index in [4.69, 9.17) is 0 Å². The zero-order valence-corrected chi connectivity index (χ0v) is 20.2. The Labute approximate surface area is 197 Å². The molecule has 0 heterocycles. The molecule has 166 valence electrons. The summed E-state index contributed by atoms with van der Waals surface area (Å²) in [6.07, 6.45) is 1.50. The lowest BCUT2D eigenvalue weighted by molar-refractivity contribution is -0.119. The third kappa shape index (κ3) is 5.83. The van der Waals surface area contributed by atoms with Crippen LogP contribution in [0.25, 0.3) is 0 Å². The number of amides is 1.